The Morgan fingerprint density at radius 1 is 1.04 bits per heavy atom. The summed E-state index contributed by atoms with van der Waals surface area (Å²) < 4.78 is 0. The van der Waals surface area contributed by atoms with Crippen LogP contribution in [-0.2, 0) is 0 Å². The number of hydrogen-bond donors (Lipinski definition) is 0. The topological polar surface area (TPSA) is 80.0 Å². The summed E-state index contributed by atoms with van der Waals surface area (Å²) in [7, 11) is 0. The maximum atomic E-state index is 12.9. The molecule has 1 amide bonds. The number of amides is 1. The van der Waals surface area contributed by atoms with Crippen LogP contribution >= 0.6 is 0 Å². The maximum Gasteiger partial charge on any atom is 0.276 e. The number of benzene rings is 1. The fraction of sp³-hybridized carbons (Fsp3) is 0.350. The van der Waals surface area contributed by atoms with Gasteiger partial charge in [-0.15, -0.1) is 5.10 Å². The van der Waals surface area contributed by atoms with Crippen LogP contribution in [0.4, 0.5) is 5.95 Å². The summed E-state index contributed by atoms with van der Waals surface area (Å²) in [6, 6.07) is 11.5. The van der Waals surface area contributed by atoms with Crippen LogP contribution in [0.5, 0.6) is 0 Å². The van der Waals surface area contributed by atoms with Crippen molar-refractivity contribution in [1.29, 1.82) is 0 Å². The van der Waals surface area contributed by atoms with E-state index in [0.29, 0.717) is 17.5 Å². The monoisotopic (exact) mass is 375 g/mol. The molecule has 2 atom stereocenters. The molecular formula is C20H21N7O. The molecule has 2 aliphatic rings. The van der Waals surface area contributed by atoms with Gasteiger partial charge in [-0.2, -0.15) is 9.90 Å². The Kier molecular flexibility index (Phi) is 4.03. The molecule has 5 rings (SSSR count). The smallest absolute Gasteiger partial charge is 0.276 e. The second-order valence-corrected chi connectivity index (χ2v) is 7.49. The van der Waals surface area contributed by atoms with E-state index < -0.39 is 0 Å². The molecule has 2 unspecified atom stereocenters. The van der Waals surface area contributed by atoms with Gasteiger partial charge in [0.15, 0.2) is 5.69 Å². The first kappa shape index (κ1) is 16.9. The van der Waals surface area contributed by atoms with Crippen molar-refractivity contribution in [3.63, 3.8) is 0 Å². The normalized spacial score (nSPS) is 21.2. The van der Waals surface area contributed by atoms with Crippen molar-refractivity contribution in [3.05, 3.63) is 60.2 Å². The van der Waals surface area contributed by atoms with Crippen molar-refractivity contribution in [2.45, 2.75) is 6.92 Å². The number of para-hydroxylation sites is 1. The van der Waals surface area contributed by atoms with Crippen LogP contribution in [0.15, 0.2) is 48.8 Å². The van der Waals surface area contributed by atoms with Crippen molar-refractivity contribution in [2.75, 3.05) is 31.1 Å². The highest BCUT2D eigenvalue weighted by molar-refractivity contribution is 5.92. The van der Waals surface area contributed by atoms with Crippen molar-refractivity contribution in [1.82, 2.24) is 29.9 Å². The third-order valence-electron chi connectivity index (χ3n) is 5.54. The molecule has 0 radical (unpaired) electrons. The van der Waals surface area contributed by atoms with Gasteiger partial charge in [-0.3, -0.25) is 4.79 Å². The standard InChI is InChI=1S/C20H21N7O/c1-14-7-8-21-20(23-14)26-12-15-10-25(11-16(15)13-26)19(28)18-9-22-27(24-18)17-5-3-2-4-6-17/h2-9,15-16H,10-13H2,1H3. The minimum atomic E-state index is -0.0464. The summed E-state index contributed by atoms with van der Waals surface area (Å²) in [5.74, 6) is 1.63. The number of carbonyl (C=O) groups excluding carboxylic acids is 1. The average Bonchev–Trinajstić information content (AvgIpc) is 3.43. The molecule has 8 heteroatoms. The Labute approximate surface area is 162 Å². The van der Waals surface area contributed by atoms with Crippen molar-refractivity contribution >= 4 is 11.9 Å². The van der Waals surface area contributed by atoms with Crippen LogP contribution in [0.2, 0.25) is 0 Å². The van der Waals surface area contributed by atoms with Crippen LogP contribution < -0.4 is 4.90 Å². The summed E-state index contributed by atoms with van der Waals surface area (Å²) in [5, 5.41) is 8.62. The van der Waals surface area contributed by atoms with Crippen LogP contribution in [-0.4, -0.2) is 61.9 Å². The second kappa shape index (κ2) is 6.70. The van der Waals surface area contributed by atoms with Crippen LogP contribution in [0.3, 0.4) is 0 Å². The van der Waals surface area contributed by atoms with Crippen LogP contribution in [0.1, 0.15) is 16.2 Å². The summed E-state index contributed by atoms with van der Waals surface area (Å²) >= 11 is 0. The lowest BCUT2D eigenvalue weighted by Gasteiger charge is -2.21. The molecule has 0 aliphatic carbocycles. The van der Waals surface area contributed by atoms with E-state index in [1.165, 1.54) is 4.80 Å². The highest BCUT2D eigenvalue weighted by Gasteiger charge is 2.42. The largest absolute Gasteiger partial charge is 0.340 e. The Hall–Kier alpha value is -3.29. The minimum absolute atomic E-state index is 0.0464. The lowest BCUT2D eigenvalue weighted by molar-refractivity contribution is 0.0776. The van der Waals surface area contributed by atoms with Crippen LogP contribution in [0, 0.1) is 18.8 Å². The molecule has 8 nitrogen and oxygen atoms in total. The second-order valence-electron chi connectivity index (χ2n) is 7.49. The fourth-order valence-corrected chi connectivity index (χ4v) is 4.12. The summed E-state index contributed by atoms with van der Waals surface area (Å²) in [5.41, 5.74) is 2.21. The summed E-state index contributed by atoms with van der Waals surface area (Å²) in [4.78, 5) is 27.5. The molecule has 2 saturated heterocycles. The number of likely N-dealkylation sites (tertiary alicyclic amines) is 1. The predicted octanol–water partition coefficient (Wildman–Crippen LogP) is 1.57. The van der Waals surface area contributed by atoms with Gasteiger partial charge in [0.05, 0.1) is 11.9 Å². The highest BCUT2D eigenvalue weighted by Crippen LogP contribution is 2.33. The quantitative estimate of drug-likeness (QED) is 0.691. The van der Waals surface area contributed by atoms with E-state index in [-0.39, 0.29) is 5.91 Å². The Morgan fingerprint density at radius 2 is 1.79 bits per heavy atom. The third-order valence-corrected chi connectivity index (χ3v) is 5.54. The molecule has 3 aromatic rings. The minimum Gasteiger partial charge on any atom is -0.340 e. The molecule has 1 aromatic carbocycles. The van der Waals surface area contributed by atoms with Gasteiger partial charge in [-0.05, 0) is 25.1 Å². The van der Waals surface area contributed by atoms with Crippen molar-refractivity contribution in [3.8, 4) is 5.69 Å². The van der Waals surface area contributed by atoms with Gasteiger partial charge < -0.3 is 9.80 Å². The Morgan fingerprint density at radius 3 is 2.50 bits per heavy atom. The lowest BCUT2D eigenvalue weighted by atomic mass is 10.0. The molecular weight excluding hydrogens is 354 g/mol. The van der Waals surface area contributed by atoms with E-state index in [1.807, 2.05) is 48.2 Å². The van der Waals surface area contributed by atoms with Gasteiger partial charge in [-0.25, -0.2) is 9.97 Å². The zero-order valence-corrected chi connectivity index (χ0v) is 15.6. The van der Waals surface area contributed by atoms with Crippen molar-refractivity contribution in [2.24, 2.45) is 11.8 Å². The average molecular weight is 375 g/mol. The molecule has 0 bridgehead atoms. The zero-order chi connectivity index (χ0) is 19.1. The molecule has 0 spiro atoms. The van der Waals surface area contributed by atoms with Gasteiger partial charge in [0.25, 0.3) is 5.91 Å². The summed E-state index contributed by atoms with van der Waals surface area (Å²) in [6.07, 6.45) is 3.36. The highest BCUT2D eigenvalue weighted by atomic mass is 16.2. The SMILES string of the molecule is Cc1ccnc(N2CC3CN(C(=O)c4cnn(-c5ccccc5)n4)CC3C2)n1. The molecule has 4 heterocycles. The van der Waals surface area contributed by atoms with E-state index in [1.54, 1.807) is 12.4 Å². The van der Waals surface area contributed by atoms with Gasteiger partial charge in [0.2, 0.25) is 5.95 Å². The number of hydrogen-bond acceptors (Lipinski definition) is 6. The molecule has 2 fully saturated rings. The van der Waals surface area contributed by atoms with Gasteiger partial charge >= 0.3 is 0 Å². The van der Waals surface area contributed by atoms with E-state index in [4.69, 9.17) is 0 Å². The van der Waals surface area contributed by atoms with E-state index in [0.717, 1.165) is 43.5 Å². The molecule has 0 saturated carbocycles. The Balaban J connectivity index is 1.25. The number of anilines is 1. The number of aromatic nitrogens is 5. The molecule has 2 aromatic heterocycles. The predicted molar refractivity (Wildman–Crippen MR) is 103 cm³/mol. The van der Waals surface area contributed by atoms with Gasteiger partial charge in [0.1, 0.15) is 0 Å². The maximum absolute atomic E-state index is 12.9. The molecule has 28 heavy (non-hydrogen) atoms. The first-order valence-corrected chi connectivity index (χ1v) is 9.49. The molecule has 2 aliphatic heterocycles. The zero-order valence-electron chi connectivity index (χ0n) is 15.6. The fourth-order valence-electron chi connectivity index (χ4n) is 4.12. The number of nitrogens with zero attached hydrogens (tertiary/aromatic N) is 7. The Bertz CT molecular complexity index is 989. The number of rotatable bonds is 3. The lowest BCUT2D eigenvalue weighted by Crippen LogP contribution is -2.34. The van der Waals surface area contributed by atoms with E-state index >= 15 is 0 Å². The number of fused-ring (bicyclic) bond motifs is 1. The van der Waals surface area contributed by atoms with Crippen molar-refractivity contribution < 1.29 is 4.79 Å². The first-order chi connectivity index (χ1) is 13.7. The van der Waals surface area contributed by atoms with Gasteiger partial charge in [-0.1, -0.05) is 18.2 Å². The molecule has 0 N–H and O–H groups in total. The first-order valence-electron chi connectivity index (χ1n) is 9.49. The summed E-state index contributed by atoms with van der Waals surface area (Å²) in [6.45, 7) is 5.22. The van der Waals surface area contributed by atoms with Crippen LogP contribution in [0.25, 0.3) is 5.69 Å². The third kappa shape index (κ3) is 3.00. The molecule has 142 valence electrons. The number of aryl methyl sites for hydroxylation is 1. The number of carbonyl (C=O) groups is 1. The van der Waals surface area contributed by atoms with Gasteiger partial charge in [0, 0.05) is 49.9 Å². The van der Waals surface area contributed by atoms with E-state index in [2.05, 4.69) is 25.1 Å². The van der Waals surface area contributed by atoms with E-state index in [9.17, 15) is 4.79 Å².